The minimum atomic E-state index is 0.885. The third-order valence-corrected chi connectivity index (χ3v) is 4.18. The first-order valence-corrected chi connectivity index (χ1v) is 7.23. The van der Waals surface area contributed by atoms with Gasteiger partial charge in [0.15, 0.2) is 0 Å². The van der Waals surface area contributed by atoms with E-state index in [4.69, 9.17) is 0 Å². The highest BCUT2D eigenvalue weighted by Gasteiger charge is 2.17. The number of likely N-dealkylation sites (tertiary alicyclic amines) is 1. The van der Waals surface area contributed by atoms with Gasteiger partial charge in [-0.05, 0) is 57.4 Å². The van der Waals surface area contributed by atoms with Crippen molar-refractivity contribution in [2.24, 2.45) is 11.8 Å². The van der Waals surface area contributed by atoms with Crippen LogP contribution in [0.4, 0.5) is 0 Å². The quantitative estimate of drug-likeness (QED) is 0.718. The maximum absolute atomic E-state index is 3.67. The lowest BCUT2D eigenvalue weighted by Gasteiger charge is -2.31. The first-order valence-electron chi connectivity index (χ1n) is 7.23. The molecule has 0 unspecified atom stereocenters. The second-order valence-electron chi connectivity index (χ2n) is 5.22. The van der Waals surface area contributed by atoms with Crippen LogP contribution >= 0.6 is 0 Å². The van der Waals surface area contributed by atoms with Gasteiger partial charge in [0, 0.05) is 0 Å². The van der Waals surface area contributed by atoms with E-state index >= 15 is 0 Å². The molecule has 0 aliphatic carbocycles. The Kier molecular flexibility index (Phi) is 7.06. The van der Waals surface area contributed by atoms with E-state index < -0.39 is 0 Å². The Morgan fingerprint density at radius 1 is 1.12 bits per heavy atom. The molecule has 2 nitrogen and oxygen atoms in total. The molecule has 1 rings (SSSR count). The summed E-state index contributed by atoms with van der Waals surface area (Å²) in [6, 6.07) is 0. The van der Waals surface area contributed by atoms with Crippen molar-refractivity contribution < 1.29 is 0 Å². The maximum atomic E-state index is 3.67. The van der Waals surface area contributed by atoms with Crippen LogP contribution in [-0.2, 0) is 0 Å². The Morgan fingerprint density at radius 3 is 2.25 bits per heavy atom. The normalized spacial score (nSPS) is 19.5. The van der Waals surface area contributed by atoms with E-state index in [1.54, 1.807) is 0 Å². The van der Waals surface area contributed by atoms with Crippen LogP contribution in [-0.4, -0.2) is 37.6 Å². The smallest absolute Gasteiger partial charge is 0.00157 e. The van der Waals surface area contributed by atoms with Crippen LogP contribution < -0.4 is 5.32 Å². The van der Waals surface area contributed by atoms with Crippen molar-refractivity contribution in [1.29, 1.82) is 0 Å². The summed E-state index contributed by atoms with van der Waals surface area (Å²) in [6.07, 6.45) is 5.42. The molecule has 1 aliphatic heterocycles. The van der Waals surface area contributed by atoms with Crippen molar-refractivity contribution in [3.8, 4) is 0 Å². The summed E-state index contributed by atoms with van der Waals surface area (Å²) >= 11 is 0. The van der Waals surface area contributed by atoms with Gasteiger partial charge in [0.2, 0.25) is 0 Å². The number of rotatable bonds is 7. The van der Waals surface area contributed by atoms with Crippen LogP contribution in [0.2, 0.25) is 0 Å². The number of nitrogens with zero attached hydrogens (tertiary/aromatic N) is 1. The van der Waals surface area contributed by atoms with Crippen molar-refractivity contribution in [3.05, 3.63) is 0 Å². The maximum Gasteiger partial charge on any atom is -0.00157 e. The van der Waals surface area contributed by atoms with E-state index in [0.717, 1.165) is 11.8 Å². The van der Waals surface area contributed by atoms with Crippen molar-refractivity contribution in [2.45, 2.75) is 46.5 Å². The SMILES string of the molecule is CCC(CC)CNCC1CCN(CC)CC1. The molecule has 1 aliphatic rings. The monoisotopic (exact) mass is 226 g/mol. The third kappa shape index (κ3) is 4.84. The molecule has 0 atom stereocenters. The zero-order valence-electron chi connectivity index (χ0n) is 11.5. The number of hydrogen-bond acceptors (Lipinski definition) is 2. The van der Waals surface area contributed by atoms with E-state index in [1.807, 2.05) is 0 Å². The molecule has 1 fully saturated rings. The van der Waals surface area contributed by atoms with Gasteiger partial charge in [-0.25, -0.2) is 0 Å². The Morgan fingerprint density at radius 2 is 1.75 bits per heavy atom. The van der Waals surface area contributed by atoms with Crippen LogP contribution in [0.5, 0.6) is 0 Å². The minimum Gasteiger partial charge on any atom is -0.316 e. The summed E-state index contributed by atoms with van der Waals surface area (Å²) in [6.45, 7) is 13.2. The number of piperidine rings is 1. The summed E-state index contributed by atoms with van der Waals surface area (Å²) in [4.78, 5) is 2.57. The van der Waals surface area contributed by atoms with Crippen LogP contribution in [0.3, 0.4) is 0 Å². The highest BCUT2D eigenvalue weighted by Crippen LogP contribution is 2.16. The fraction of sp³-hybridized carbons (Fsp3) is 1.00. The molecule has 2 heteroatoms. The van der Waals surface area contributed by atoms with Gasteiger partial charge < -0.3 is 10.2 Å². The lowest BCUT2D eigenvalue weighted by atomic mass is 9.96. The zero-order chi connectivity index (χ0) is 11.8. The van der Waals surface area contributed by atoms with E-state index in [-0.39, 0.29) is 0 Å². The van der Waals surface area contributed by atoms with Gasteiger partial charge in [0.05, 0.1) is 0 Å². The molecule has 0 radical (unpaired) electrons. The fourth-order valence-corrected chi connectivity index (χ4v) is 2.58. The summed E-state index contributed by atoms with van der Waals surface area (Å²) in [5, 5.41) is 3.67. The van der Waals surface area contributed by atoms with Gasteiger partial charge in [-0.3, -0.25) is 0 Å². The standard InChI is InChI=1S/C14H30N2/c1-4-13(5-2)11-15-12-14-7-9-16(6-3)10-8-14/h13-15H,4-12H2,1-3H3. The van der Waals surface area contributed by atoms with Crippen molar-refractivity contribution in [2.75, 3.05) is 32.7 Å². The molecule has 0 bridgehead atoms. The average molecular weight is 226 g/mol. The molecule has 0 amide bonds. The van der Waals surface area contributed by atoms with Gasteiger partial charge in [0.25, 0.3) is 0 Å². The lowest BCUT2D eigenvalue weighted by Crippen LogP contribution is -2.37. The molecule has 0 spiro atoms. The van der Waals surface area contributed by atoms with Crippen LogP contribution in [0.1, 0.15) is 46.5 Å². The van der Waals surface area contributed by atoms with Crippen molar-refractivity contribution in [3.63, 3.8) is 0 Å². The summed E-state index contributed by atoms with van der Waals surface area (Å²) in [5.74, 6) is 1.81. The van der Waals surface area contributed by atoms with Gasteiger partial charge in [0.1, 0.15) is 0 Å². The first kappa shape index (κ1) is 14.0. The van der Waals surface area contributed by atoms with Crippen LogP contribution in [0, 0.1) is 11.8 Å². The average Bonchev–Trinajstić information content (AvgIpc) is 2.35. The second-order valence-corrected chi connectivity index (χ2v) is 5.22. The number of hydrogen-bond donors (Lipinski definition) is 1. The molecule has 0 aromatic rings. The molecule has 0 aromatic carbocycles. The predicted molar refractivity (Wildman–Crippen MR) is 71.8 cm³/mol. The predicted octanol–water partition coefficient (Wildman–Crippen LogP) is 2.74. The summed E-state index contributed by atoms with van der Waals surface area (Å²) in [7, 11) is 0. The molecule has 1 heterocycles. The van der Waals surface area contributed by atoms with E-state index in [0.29, 0.717) is 0 Å². The van der Waals surface area contributed by atoms with E-state index in [9.17, 15) is 0 Å². The Bertz CT molecular complexity index is 158. The molecule has 96 valence electrons. The topological polar surface area (TPSA) is 15.3 Å². The van der Waals surface area contributed by atoms with Gasteiger partial charge >= 0.3 is 0 Å². The highest BCUT2D eigenvalue weighted by molar-refractivity contribution is 4.73. The van der Waals surface area contributed by atoms with Crippen molar-refractivity contribution >= 4 is 0 Å². The largest absolute Gasteiger partial charge is 0.316 e. The number of nitrogens with one attached hydrogen (secondary N) is 1. The highest BCUT2D eigenvalue weighted by atomic mass is 15.1. The third-order valence-electron chi connectivity index (χ3n) is 4.18. The Balaban J connectivity index is 2.06. The second kappa shape index (κ2) is 8.08. The lowest BCUT2D eigenvalue weighted by molar-refractivity contribution is 0.189. The first-order chi connectivity index (χ1) is 7.80. The van der Waals surface area contributed by atoms with Crippen LogP contribution in [0.15, 0.2) is 0 Å². The molecule has 0 saturated carbocycles. The molecule has 1 saturated heterocycles. The molecule has 1 N–H and O–H groups in total. The summed E-state index contributed by atoms with van der Waals surface area (Å²) in [5.41, 5.74) is 0. The Labute approximate surface area is 102 Å². The van der Waals surface area contributed by atoms with Gasteiger partial charge in [-0.2, -0.15) is 0 Å². The van der Waals surface area contributed by atoms with E-state index in [1.165, 1.54) is 58.4 Å². The molecule has 0 aromatic heterocycles. The molecular formula is C14H30N2. The van der Waals surface area contributed by atoms with Crippen molar-refractivity contribution in [1.82, 2.24) is 10.2 Å². The minimum absolute atomic E-state index is 0.885. The zero-order valence-corrected chi connectivity index (χ0v) is 11.5. The molecule has 16 heavy (non-hydrogen) atoms. The van der Waals surface area contributed by atoms with Gasteiger partial charge in [-0.1, -0.05) is 33.6 Å². The van der Waals surface area contributed by atoms with Crippen LogP contribution in [0.25, 0.3) is 0 Å². The molecular weight excluding hydrogens is 196 g/mol. The fourth-order valence-electron chi connectivity index (χ4n) is 2.58. The van der Waals surface area contributed by atoms with E-state index in [2.05, 4.69) is 31.0 Å². The summed E-state index contributed by atoms with van der Waals surface area (Å²) < 4.78 is 0. The Hall–Kier alpha value is -0.0800. The van der Waals surface area contributed by atoms with Gasteiger partial charge in [-0.15, -0.1) is 0 Å².